The van der Waals surface area contributed by atoms with Gasteiger partial charge in [0.1, 0.15) is 7.28 Å². The fraction of sp³-hybridized carbons (Fsp3) is 0.500. The summed E-state index contributed by atoms with van der Waals surface area (Å²) in [5.74, 6) is 0. The van der Waals surface area contributed by atoms with Crippen LogP contribution in [-0.2, 0) is 0 Å². The topological polar surface area (TPSA) is 0 Å². The summed E-state index contributed by atoms with van der Waals surface area (Å²) >= 11 is 0. The van der Waals surface area contributed by atoms with Crippen molar-refractivity contribution < 1.29 is 0 Å². The van der Waals surface area contributed by atoms with Crippen molar-refractivity contribution in [3.05, 3.63) is 48.6 Å². The van der Waals surface area contributed by atoms with Crippen molar-refractivity contribution in [2.45, 2.75) is 40.3 Å². The van der Waals surface area contributed by atoms with E-state index < -0.39 is 0 Å². The third-order valence-corrected chi connectivity index (χ3v) is 4.54. The lowest BCUT2D eigenvalue weighted by molar-refractivity contribution is 0.267. The quantitative estimate of drug-likeness (QED) is 0.477. The van der Waals surface area contributed by atoms with Gasteiger partial charge in [-0.25, -0.2) is 0 Å². The fourth-order valence-corrected chi connectivity index (χ4v) is 3.74. The van der Waals surface area contributed by atoms with E-state index in [9.17, 15) is 0 Å². The SMILES string of the molecule is C=C(C)C1(C(=C)C)C[B]CC1(C(=C)C)C(=C)C. The first-order valence-corrected chi connectivity index (χ1v) is 6.19. The van der Waals surface area contributed by atoms with Crippen LogP contribution in [0.5, 0.6) is 0 Å². The minimum Gasteiger partial charge on any atom is -0.0992 e. The molecule has 0 N–H and O–H groups in total. The molecule has 17 heavy (non-hydrogen) atoms. The molecule has 91 valence electrons. The average Bonchev–Trinajstić information content (AvgIpc) is 2.58. The van der Waals surface area contributed by atoms with Gasteiger partial charge in [-0.15, -0.1) is 0 Å². The van der Waals surface area contributed by atoms with E-state index >= 15 is 0 Å². The molecule has 0 aromatic heterocycles. The maximum Gasteiger partial charge on any atom is 0.112 e. The second-order valence-corrected chi connectivity index (χ2v) is 5.63. The Morgan fingerprint density at radius 1 is 0.706 bits per heavy atom. The van der Waals surface area contributed by atoms with Gasteiger partial charge in [-0.05, 0) is 27.7 Å². The first kappa shape index (κ1) is 14.1. The summed E-state index contributed by atoms with van der Waals surface area (Å²) in [7, 11) is 2.34. The van der Waals surface area contributed by atoms with Crippen LogP contribution in [0.25, 0.3) is 0 Å². The van der Waals surface area contributed by atoms with E-state index in [1.807, 2.05) is 0 Å². The van der Waals surface area contributed by atoms with E-state index in [-0.39, 0.29) is 10.8 Å². The number of allylic oxidation sites excluding steroid dienone is 4. The highest BCUT2D eigenvalue weighted by Crippen LogP contribution is 2.64. The molecule has 1 fully saturated rings. The van der Waals surface area contributed by atoms with Gasteiger partial charge in [0.05, 0.1) is 0 Å². The summed E-state index contributed by atoms with van der Waals surface area (Å²) in [6.07, 6.45) is 1.99. The van der Waals surface area contributed by atoms with Gasteiger partial charge >= 0.3 is 0 Å². The second kappa shape index (κ2) is 4.36. The van der Waals surface area contributed by atoms with Crippen molar-refractivity contribution in [1.29, 1.82) is 0 Å². The lowest BCUT2D eigenvalue weighted by atomic mass is 9.54. The molecule has 1 aliphatic heterocycles. The molecule has 0 amide bonds. The van der Waals surface area contributed by atoms with E-state index in [4.69, 9.17) is 0 Å². The molecule has 1 radical (unpaired) electrons. The monoisotopic (exact) mass is 227 g/mol. The smallest absolute Gasteiger partial charge is 0.0992 e. The van der Waals surface area contributed by atoms with Crippen molar-refractivity contribution >= 4 is 7.28 Å². The zero-order chi connectivity index (χ0) is 13.4. The highest BCUT2D eigenvalue weighted by molar-refractivity contribution is 6.38. The molecule has 0 saturated carbocycles. The lowest BCUT2D eigenvalue weighted by Crippen LogP contribution is -2.40. The zero-order valence-electron chi connectivity index (χ0n) is 11.8. The third-order valence-electron chi connectivity index (χ3n) is 4.54. The molecule has 1 rings (SSSR count). The van der Waals surface area contributed by atoms with Crippen LogP contribution in [0.4, 0.5) is 0 Å². The van der Waals surface area contributed by atoms with Gasteiger partial charge in [0.15, 0.2) is 0 Å². The van der Waals surface area contributed by atoms with Crippen LogP contribution in [-0.4, -0.2) is 7.28 Å². The van der Waals surface area contributed by atoms with Gasteiger partial charge in [-0.2, -0.15) is 0 Å². The van der Waals surface area contributed by atoms with Gasteiger partial charge < -0.3 is 0 Å². The van der Waals surface area contributed by atoms with Gasteiger partial charge in [-0.3, -0.25) is 0 Å². The molecule has 0 atom stereocenters. The van der Waals surface area contributed by atoms with Gasteiger partial charge in [-0.1, -0.05) is 61.2 Å². The molecule has 0 aromatic carbocycles. The predicted molar refractivity (Wildman–Crippen MR) is 79.5 cm³/mol. The zero-order valence-corrected chi connectivity index (χ0v) is 11.8. The molecule has 0 nitrogen and oxygen atoms in total. The molecular formula is C16H24B. The molecule has 1 aliphatic rings. The van der Waals surface area contributed by atoms with Gasteiger partial charge in [0.2, 0.25) is 0 Å². The van der Waals surface area contributed by atoms with Crippen molar-refractivity contribution in [3.63, 3.8) is 0 Å². The van der Waals surface area contributed by atoms with Crippen molar-refractivity contribution in [2.75, 3.05) is 0 Å². The standard InChI is InChI=1S/C16H24B/c1-11(2)15(12(3)4)9-17-10-16(15,13(5)6)14(7)8/h1,3,5,7,9-10H2,2,4,6,8H3. The molecule has 0 bridgehead atoms. The van der Waals surface area contributed by atoms with Crippen LogP contribution >= 0.6 is 0 Å². The first-order valence-electron chi connectivity index (χ1n) is 6.19. The number of hydrogen-bond donors (Lipinski definition) is 0. The summed E-state index contributed by atoms with van der Waals surface area (Å²) < 4.78 is 0. The van der Waals surface area contributed by atoms with Gasteiger partial charge in [0, 0.05) is 10.8 Å². The molecular weight excluding hydrogens is 203 g/mol. The van der Waals surface area contributed by atoms with E-state index in [0.29, 0.717) is 0 Å². The van der Waals surface area contributed by atoms with Crippen LogP contribution in [0.1, 0.15) is 27.7 Å². The number of hydrogen-bond acceptors (Lipinski definition) is 0. The second-order valence-electron chi connectivity index (χ2n) is 5.63. The minimum absolute atomic E-state index is 0.0926. The van der Waals surface area contributed by atoms with Crippen molar-refractivity contribution in [3.8, 4) is 0 Å². The number of rotatable bonds is 4. The van der Waals surface area contributed by atoms with Crippen LogP contribution in [0, 0.1) is 10.8 Å². The van der Waals surface area contributed by atoms with Crippen LogP contribution in [0.2, 0.25) is 12.6 Å². The molecule has 0 aliphatic carbocycles. The van der Waals surface area contributed by atoms with E-state index in [2.05, 4.69) is 61.3 Å². The predicted octanol–water partition coefficient (Wildman–Crippen LogP) is 4.82. The Kier molecular flexibility index (Phi) is 3.62. The summed E-state index contributed by atoms with van der Waals surface area (Å²) in [5, 5.41) is 0. The van der Waals surface area contributed by atoms with Gasteiger partial charge in [0.25, 0.3) is 0 Å². The Morgan fingerprint density at radius 3 is 1.12 bits per heavy atom. The minimum atomic E-state index is -0.0926. The normalized spacial score (nSPS) is 20.5. The Hall–Kier alpha value is -0.975. The maximum atomic E-state index is 4.23. The van der Waals surface area contributed by atoms with E-state index in [1.54, 1.807) is 0 Å². The summed E-state index contributed by atoms with van der Waals surface area (Å²) in [5.41, 5.74) is 4.50. The Bertz CT molecular complexity index is 332. The summed E-state index contributed by atoms with van der Waals surface area (Å²) in [6.45, 7) is 25.3. The Morgan fingerprint density at radius 2 is 0.941 bits per heavy atom. The third kappa shape index (κ3) is 1.59. The average molecular weight is 227 g/mol. The maximum absolute atomic E-state index is 4.23. The van der Waals surface area contributed by atoms with Crippen molar-refractivity contribution in [2.24, 2.45) is 10.8 Å². The van der Waals surface area contributed by atoms with Crippen molar-refractivity contribution in [1.82, 2.24) is 0 Å². The molecule has 1 saturated heterocycles. The molecule has 0 aromatic rings. The molecule has 0 spiro atoms. The molecule has 1 heterocycles. The lowest BCUT2D eigenvalue weighted by Gasteiger charge is -2.50. The molecule has 0 unspecified atom stereocenters. The summed E-state index contributed by atoms with van der Waals surface area (Å²) in [4.78, 5) is 0. The molecule has 1 heteroatoms. The highest BCUT2D eigenvalue weighted by Gasteiger charge is 2.56. The summed E-state index contributed by atoms with van der Waals surface area (Å²) in [6, 6.07) is 0. The van der Waals surface area contributed by atoms with Crippen LogP contribution in [0.3, 0.4) is 0 Å². The largest absolute Gasteiger partial charge is 0.112 e. The Balaban J connectivity index is 3.58. The first-order chi connectivity index (χ1) is 7.73. The van der Waals surface area contributed by atoms with Crippen LogP contribution in [0.15, 0.2) is 48.6 Å². The van der Waals surface area contributed by atoms with E-state index in [1.165, 1.54) is 22.3 Å². The highest BCUT2D eigenvalue weighted by atomic mass is 14.6. The van der Waals surface area contributed by atoms with Crippen LogP contribution < -0.4 is 0 Å². The Labute approximate surface area is 107 Å². The van der Waals surface area contributed by atoms with E-state index in [0.717, 1.165) is 12.6 Å². The fourth-order valence-electron chi connectivity index (χ4n) is 3.74.